The van der Waals surface area contributed by atoms with Gasteiger partial charge in [0.1, 0.15) is 17.8 Å². The Morgan fingerprint density at radius 2 is 1.65 bits per heavy atom. The molecule has 0 radical (unpaired) electrons. The van der Waals surface area contributed by atoms with Gasteiger partial charge in [0.2, 0.25) is 5.91 Å². The van der Waals surface area contributed by atoms with Crippen LogP contribution in [-0.4, -0.2) is 58.7 Å². The van der Waals surface area contributed by atoms with E-state index in [1.165, 1.54) is 43.4 Å². The zero-order chi connectivity index (χ0) is 29.4. The highest BCUT2D eigenvalue weighted by Crippen LogP contribution is 2.40. The number of amides is 1. The number of anilines is 1. The average molecular weight is 566 g/mol. The summed E-state index contributed by atoms with van der Waals surface area (Å²) in [4.78, 5) is 39.4. The molecule has 0 aromatic heterocycles. The number of aldehydes is 1. The summed E-state index contributed by atoms with van der Waals surface area (Å²) in [6.07, 6.45) is -1.33. The van der Waals surface area contributed by atoms with Crippen molar-refractivity contribution in [3.63, 3.8) is 0 Å². The summed E-state index contributed by atoms with van der Waals surface area (Å²) in [6, 6.07) is 6.36. The standard InChI is InChI=1S/C29H34F3NO7/c1-18-5-8-20(9-6-18)27(35)33(21(16-37-2)17-38-3)25-11-10-22(14-23(25)28(36)39-4)40-26-12-7-19(15-34)13-24(26)29(30,31)32/h7,10-15,18,20-21H,5-6,8-9,16-17H2,1-4H3/t18-,20-. The van der Waals surface area contributed by atoms with Crippen molar-refractivity contribution in [1.29, 1.82) is 0 Å². The van der Waals surface area contributed by atoms with Crippen LogP contribution in [-0.2, 0) is 25.2 Å². The molecule has 11 heteroatoms. The molecule has 0 saturated heterocycles. The highest BCUT2D eigenvalue weighted by Gasteiger charge is 2.37. The first-order valence-electron chi connectivity index (χ1n) is 12.9. The Bertz CT molecular complexity index is 1190. The van der Waals surface area contributed by atoms with Crippen molar-refractivity contribution in [2.45, 2.75) is 44.8 Å². The predicted octanol–water partition coefficient (Wildman–Crippen LogP) is 5.92. The first kappa shape index (κ1) is 31.1. The second-order valence-corrected chi connectivity index (χ2v) is 9.87. The molecular weight excluding hydrogens is 531 g/mol. The van der Waals surface area contributed by atoms with E-state index in [1.54, 1.807) is 0 Å². The molecule has 2 aromatic rings. The van der Waals surface area contributed by atoms with Crippen molar-refractivity contribution < 1.29 is 46.5 Å². The first-order chi connectivity index (χ1) is 19.0. The monoisotopic (exact) mass is 565 g/mol. The van der Waals surface area contributed by atoms with Crippen molar-refractivity contribution in [2.24, 2.45) is 11.8 Å². The van der Waals surface area contributed by atoms with E-state index in [0.717, 1.165) is 26.0 Å². The minimum absolute atomic E-state index is 0.0761. The molecule has 1 amide bonds. The van der Waals surface area contributed by atoms with Crippen molar-refractivity contribution in [3.05, 3.63) is 53.1 Å². The van der Waals surface area contributed by atoms with Crippen LogP contribution >= 0.6 is 0 Å². The molecule has 1 fully saturated rings. The molecule has 0 atom stereocenters. The van der Waals surface area contributed by atoms with Crippen LogP contribution < -0.4 is 9.64 Å². The lowest BCUT2D eigenvalue weighted by atomic mass is 9.82. The highest BCUT2D eigenvalue weighted by atomic mass is 19.4. The van der Waals surface area contributed by atoms with Gasteiger partial charge in [-0.2, -0.15) is 13.2 Å². The minimum atomic E-state index is -4.80. The summed E-state index contributed by atoms with van der Waals surface area (Å²) in [7, 11) is 4.13. The van der Waals surface area contributed by atoms with Gasteiger partial charge in [0, 0.05) is 25.7 Å². The second kappa shape index (κ2) is 13.8. The van der Waals surface area contributed by atoms with E-state index in [9.17, 15) is 27.6 Å². The molecule has 218 valence electrons. The average Bonchev–Trinajstić information content (AvgIpc) is 2.93. The largest absolute Gasteiger partial charge is 0.465 e. The Kier molecular flexibility index (Phi) is 10.7. The molecular formula is C29H34F3NO7. The normalized spacial score (nSPS) is 17.4. The molecule has 0 spiro atoms. The first-order valence-corrected chi connectivity index (χ1v) is 12.9. The van der Waals surface area contributed by atoms with Gasteiger partial charge in [-0.25, -0.2) is 4.79 Å². The summed E-state index contributed by atoms with van der Waals surface area (Å²) in [5, 5.41) is 0. The molecule has 40 heavy (non-hydrogen) atoms. The zero-order valence-corrected chi connectivity index (χ0v) is 23.0. The number of rotatable bonds is 11. The van der Waals surface area contributed by atoms with Gasteiger partial charge in [-0.1, -0.05) is 6.92 Å². The number of benzene rings is 2. The fourth-order valence-corrected chi connectivity index (χ4v) is 4.90. The van der Waals surface area contributed by atoms with Gasteiger partial charge in [-0.15, -0.1) is 0 Å². The minimum Gasteiger partial charge on any atom is -0.465 e. The molecule has 3 rings (SSSR count). The fraction of sp³-hybridized carbons (Fsp3) is 0.483. The molecule has 0 heterocycles. The summed E-state index contributed by atoms with van der Waals surface area (Å²) in [6.45, 7) is 2.36. The molecule has 2 aromatic carbocycles. The maximum absolute atomic E-state index is 13.9. The SMILES string of the molecule is COCC(COC)N(c1ccc(Oc2ccc(C=O)cc2C(F)(F)F)cc1C(=O)OC)C(=O)[C@H]1CC[C@H](C)CC1. The number of nitrogens with zero attached hydrogens (tertiary/aromatic N) is 1. The maximum Gasteiger partial charge on any atom is 0.420 e. The summed E-state index contributed by atoms with van der Waals surface area (Å²) in [5.41, 5.74) is -1.19. The van der Waals surface area contributed by atoms with Gasteiger partial charge in [-0.3, -0.25) is 9.59 Å². The van der Waals surface area contributed by atoms with E-state index in [-0.39, 0.29) is 47.6 Å². The van der Waals surface area contributed by atoms with Crippen LogP contribution in [0.4, 0.5) is 18.9 Å². The number of halogens is 3. The Morgan fingerprint density at radius 3 is 2.20 bits per heavy atom. The number of ether oxygens (including phenoxy) is 4. The molecule has 0 unspecified atom stereocenters. The van der Waals surface area contributed by atoms with Gasteiger partial charge in [0.15, 0.2) is 0 Å². The molecule has 0 aliphatic heterocycles. The summed E-state index contributed by atoms with van der Waals surface area (Å²) in [5.74, 6) is -1.43. The number of methoxy groups -OCH3 is 3. The Morgan fingerprint density at radius 1 is 1.00 bits per heavy atom. The van der Waals surface area contributed by atoms with Gasteiger partial charge < -0.3 is 23.8 Å². The highest BCUT2D eigenvalue weighted by molar-refractivity contribution is 6.04. The maximum atomic E-state index is 13.9. The van der Waals surface area contributed by atoms with Crippen LogP contribution in [0.25, 0.3) is 0 Å². The van der Waals surface area contributed by atoms with E-state index < -0.39 is 29.5 Å². The van der Waals surface area contributed by atoms with Crippen LogP contribution in [0.15, 0.2) is 36.4 Å². The van der Waals surface area contributed by atoms with E-state index >= 15 is 0 Å². The van der Waals surface area contributed by atoms with Gasteiger partial charge in [0.25, 0.3) is 0 Å². The van der Waals surface area contributed by atoms with Crippen LogP contribution in [0.2, 0.25) is 0 Å². The predicted molar refractivity (Wildman–Crippen MR) is 141 cm³/mol. The quantitative estimate of drug-likeness (QED) is 0.247. The Labute approximate surface area is 231 Å². The van der Waals surface area contributed by atoms with Gasteiger partial charge >= 0.3 is 12.1 Å². The molecule has 8 nitrogen and oxygen atoms in total. The van der Waals surface area contributed by atoms with E-state index in [4.69, 9.17) is 18.9 Å². The van der Waals surface area contributed by atoms with Crippen LogP contribution in [0, 0.1) is 11.8 Å². The fourth-order valence-electron chi connectivity index (χ4n) is 4.90. The molecule has 0 N–H and O–H groups in total. The lowest BCUT2D eigenvalue weighted by Gasteiger charge is -2.36. The van der Waals surface area contributed by atoms with E-state index in [2.05, 4.69) is 6.92 Å². The number of carbonyl (C=O) groups is 3. The molecule has 1 aliphatic rings. The number of alkyl halides is 3. The number of hydrogen-bond acceptors (Lipinski definition) is 7. The second-order valence-electron chi connectivity index (χ2n) is 9.87. The van der Waals surface area contributed by atoms with Crippen LogP contribution in [0.3, 0.4) is 0 Å². The topological polar surface area (TPSA) is 91.4 Å². The van der Waals surface area contributed by atoms with E-state index in [1.807, 2.05) is 0 Å². The lowest BCUT2D eigenvalue weighted by Crippen LogP contribution is -2.49. The molecule has 1 saturated carbocycles. The Balaban J connectivity index is 2.09. The van der Waals surface area contributed by atoms with Gasteiger partial charge in [-0.05, 0) is 68.0 Å². The van der Waals surface area contributed by atoms with Crippen molar-refractivity contribution in [2.75, 3.05) is 39.4 Å². The smallest absolute Gasteiger partial charge is 0.420 e. The molecule has 0 bridgehead atoms. The third kappa shape index (κ3) is 7.39. The summed E-state index contributed by atoms with van der Waals surface area (Å²) < 4.78 is 62.3. The van der Waals surface area contributed by atoms with Crippen molar-refractivity contribution >= 4 is 23.9 Å². The number of esters is 1. The number of carbonyl (C=O) groups excluding carboxylic acids is 3. The lowest BCUT2D eigenvalue weighted by molar-refractivity contribution is -0.138. The third-order valence-corrected chi connectivity index (χ3v) is 6.99. The van der Waals surface area contributed by atoms with Crippen LogP contribution in [0.1, 0.15) is 58.9 Å². The van der Waals surface area contributed by atoms with Crippen molar-refractivity contribution in [1.82, 2.24) is 0 Å². The Hall–Kier alpha value is -3.44. The van der Waals surface area contributed by atoms with Crippen molar-refractivity contribution in [3.8, 4) is 11.5 Å². The summed E-state index contributed by atoms with van der Waals surface area (Å²) >= 11 is 0. The zero-order valence-electron chi connectivity index (χ0n) is 23.0. The van der Waals surface area contributed by atoms with Gasteiger partial charge in [0.05, 0.1) is 43.2 Å². The number of hydrogen-bond donors (Lipinski definition) is 0. The third-order valence-electron chi connectivity index (χ3n) is 6.99. The van der Waals surface area contributed by atoms with E-state index in [0.29, 0.717) is 31.1 Å². The van der Waals surface area contributed by atoms with Crippen LogP contribution in [0.5, 0.6) is 11.5 Å². The molecule has 1 aliphatic carbocycles.